The molecule has 0 fully saturated rings. The molecule has 0 saturated carbocycles. The van der Waals surface area contributed by atoms with Gasteiger partial charge in [0.25, 0.3) is 0 Å². The second-order valence-corrected chi connectivity index (χ2v) is 5.55. The molecule has 1 aromatic heterocycles. The highest BCUT2D eigenvalue weighted by atomic mass is 16.5. The molecule has 2 aromatic carbocycles. The molecule has 132 valence electrons. The third-order valence-electron chi connectivity index (χ3n) is 3.89. The molecule has 3 N–H and O–H groups in total. The van der Waals surface area contributed by atoms with E-state index in [-0.39, 0.29) is 5.97 Å². The highest BCUT2D eigenvalue weighted by molar-refractivity contribution is 5.90. The molecule has 7 nitrogen and oxygen atoms in total. The quantitative estimate of drug-likeness (QED) is 0.682. The molecule has 0 aliphatic carbocycles. The number of carbonyl (C=O) groups is 1. The zero-order chi connectivity index (χ0) is 18.5. The van der Waals surface area contributed by atoms with Gasteiger partial charge in [-0.05, 0) is 36.4 Å². The Labute approximate surface area is 151 Å². The van der Waals surface area contributed by atoms with Gasteiger partial charge in [-0.2, -0.15) is 0 Å². The first-order chi connectivity index (χ1) is 12.6. The Morgan fingerprint density at radius 2 is 1.77 bits per heavy atom. The molecule has 1 heterocycles. The van der Waals surface area contributed by atoms with Crippen molar-refractivity contribution >= 4 is 34.7 Å². The van der Waals surface area contributed by atoms with Gasteiger partial charge in [-0.1, -0.05) is 18.2 Å². The molecule has 0 unspecified atom stereocenters. The lowest BCUT2D eigenvalue weighted by molar-refractivity contribution is 0.0601. The third kappa shape index (κ3) is 3.56. The number of nitrogens with one attached hydrogen (secondary N) is 1. The van der Waals surface area contributed by atoms with Crippen LogP contribution in [-0.2, 0) is 4.74 Å². The predicted octanol–water partition coefficient (Wildman–Crippen LogP) is 3.36. The SMILES string of the molecule is COC(=O)c1ccc(Nc2ncnc(N(C)c3ccccc3)c2N)cc1. The lowest BCUT2D eigenvalue weighted by Crippen LogP contribution is -2.15. The van der Waals surface area contributed by atoms with Crippen LogP contribution >= 0.6 is 0 Å². The number of nitrogen functional groups attached to an aromatic ring is 1. The number of hydrogen-bond acceptors (Lipinski definition) is 7. The van der Waals surface area contributed by atoms with Gasteiger partial charge in [-0.3, -0.25) is 0 Å². The summed E-state index contributed by atoms with van der Waals surface area (Å²) in [4.78, 5) is 21.9. The van der Waals surface area contributed by atoms with E-state index in [1.807, 2.05) is 42.3 Å². The van der Waals surface area contributed by atoms with E-state index in [0.29, 0.717) is 22.9 Å². The van der Waals surface area contributed by atoms with Crippen LogP contribution in [0.1, 0.15) is 10.4 Å². The second-order valence-electron chi connectivity index (χ2n) is 5.55. The molecular formula is C19H19N5O2. The minimum atomic E-state index is -0.384. The van der Waals surface area contributed by atoms with Crippen molar-refractivity contribution in [1.82, 2.24) is 9.97 Å². The van der Waals surface area contributed by atoms with Crippen molar-refractivity contribution in [2.45, 2.75) is 0 Å². The number of anilines is 5. The van der Waals surface area contributed by atoms with Crippen LogP contribution in [0.4, 0.5) is 28.7 Å². The van der Waals surface area contributed by atoms with Crippen molar-refractivity contribution < 1.29 is 9.53 Å². The number of benzene rings is 2. The second kappa shape index (κ2) is 7.52. The molecule has 0 aliphatic rings. The smallest absolute Gasteiger partial charge is 0.337 e. The van der Waals surface area contributed by atoms with E-state index in [4.69, 9.17) is 10.5 Å². The summed E-state index contributed by atoms with van der Waals surface area (Å²) in [6.07, 6.45) is 1.45. The van der Waals surface area contributed by atoms with Crippen molar-refractivity contribution in [3.63, 3.8) is 0 Å². The van der Waals surface area contributed by atoms with E-state index in [1.165, 1.54) is 13.4 Å². The van der Waals surface area contributed by atoms with Crippen LogP contribution in [0.5, 0.6) is 0 Å². The summed E-state index contributed by atoms with van der Waals surface area (Å²) >= 11 is 0. The number of nitrogens with zero attached hydrogens (tertiary/aromatic N) is 3. The highest BCUT2D eigenvalue weighted by Gasteiger charge is 2.14. The number of ether oxygens (including phenoxy) is 1. The normalized spacial score (nSPS) is 10.2. The average molecular weight is 349 g/mol. The van der Waals surface area contributed by atoms with E-state index in [1.54, 1.807) is 24.3 Å². The molecule has 0 atom stereocenters. The first-order valence-electron chi connectivity index (χ1n) is 7.95. The Kier molecular flexibility index (Phi) is 4.98. The van der Waals surface area contributed by atoms with Gasteiger partial charge in [0, 0.05) is 18.4 Å². The monoisotopic (exact) mass is 349 g/mol. The topological polar surface area (TPSA) is 93.4 Å². The van der Waals surface area contributed by atoms with Gasteiger partial charge in [0.1, 0.15) is 12.0 Å². The van der Waals surface area contributed by atoms with E-state index in [0.717, 1.165) is 11.4 Å². The maximum absolute atomic E-state index is 11.5. The molecule has 26 heavy (non-hydrogen) atoms. The Morgan fingerprint density at radius 3 is 2.42 bits per heavy atom. The minimum absolute atomic E-state index is 0.384. The molecule has 0 radical (unpaired) electrons. The standard InChI is InChI=1S/C19H19N5O2/c1-24(15-6-4-3-5-7-15)18-16(20)17(21-12-22-18)23-14-10-8-13(9-11-14)19(25)26-2/h3-12H,20H2,1-2H3,(H,21,22,23). The number of para-hydroxylation sites is 1. The van der Waals surface area contributed by atoms with Crippen LogP contribution in [0.15, 0.2) is 60.9 Å². The van der Waals surface area contributed by atoms with Gasteiger partial charge in [0.2, 0.25) is 0 Å². The average Bonchev–Trinajstić information content (AvgIpc) is 2.69. The van der Waals surface area contributed by atoms with Crippen LogP contribution < -0.4 is 16.0 Å². The Bertz CT molecular complexity index is 898. The van der Waals surface area contributed by atoms with Gasteiger partial charge in [-0.15, -0.1) is 0 Å². The lowest BCUT2D eigenvalue weighted by Gasteiger charge is -2.21. The first kappa shape index (κ1) is 17.2. The number of nitrogens with two attached hydrogens (primary N) is 1. The summed E-state index contributed by atoms with van der Waals surface area (Å²) in [6, 6.07) is 16.6. The summed E-state index contributed by atoms with van der Waals surface area (Å²) in [5, 5.41) is 3.15. The third-order valence-corrected chi connectivity index (χ3v) is 3.89. The van der Waals surface area contributed by atoms with Crippen LogP contribution in [-0.4, -0.2) is 30.1 Å². The first-order valence-corrected chi connectivity index (χ1v) is 7.95. The zero-order valence-electron chi connectivity index (χ0n) is 14.5. The van der Waals surface area contributed by atoms with Crippen LogP contribution in [0.25, 0.3) is 0 Å². The van der Waals surface area contributed by atoms with Gasteiger partial charge in [0.05, 0.1) is 12.7 Å². The van der Waals surface area contributed by atoms with Crippen molar-refractivity contribution in [2.24, 2.45) is 0 Å². The molecule has 3 aromatic rings. The van der Waals surface area contributed by atoms with E-state index in [9.17, 15) is 4.79 Å². The summed E-state index contributed by atoms with van der Waals surface area (Å²) in [6.45, 7) is 0. The maximum Gasteiger partial charge on any atom is 0.337 e. The molecular weight excluding hydrogens is 330 g/mol. The van der Waals surface area contributed by atoms with Crippen molar-refractivity contribution in [1.29, 1.82) is 0 Å². The minimum Gasteiger partial charge on any atom is -0.465 e. The number of rotatable bonds is 5. The van der Waals surface area contributed by atoms with Crippen LogP contribution in [0.2, 0.25) is 0 Å². The summed E-state index contributed by atoms with van der Waals surface area (Å²) in [5.74, 6) is 0.702. The Hall–Kier alpha value is -3.61. The van der Waals surface area contributed by atoms with E-state index >= 15 is 0 Å². The van der Waals surface area contributed by atoms with Gasteiger partial charge in [0.15, 0.2) is 11.6 Å². The summed E-state index contributed by atoms with van der Waals surface area (Å²) in [7, 11) is 3.24. The maximum atomic E-state index is 11.5. The Balaban J connectivity index is 1.84. The van der Waals surface area contributed by atoms with Crippen molar-refractivity contribution in [2.75, 3.05) is 30.1 Å². The fraction of sp³-hybridized carbons (Fsp3) is 0.105. The number of esters is 1. The van der Waals surface area contributed by atoms with Crippen LogP contribution in [0.3, 0.4) is 0 Å². The Morgan fingerprint density at radius 1 is 1.08 bits per heavy atom. The predicted molar refractivity (Wildman–Crippen MR) is 102 cm³/mol. The molecule has 0 bridgehead atoms. The van der Waals surface area contributed by atoms with Gasteiger partial charge in [-0.25, -0.2) is 14.8 Å². The fourth-order valence-electron chi connectivity index (χ4n) is 2.47. The summed E-state index contributed by atoms with van der Waals surface area (Å²) in [5.41, 5.74) is 8.87. The molecule has 3 rings (SSSR count). The van der Waals surface area contributed by atoms with Crippen molar-refractivity contribution in [3.8, 4) is 0 Å². The lowest BCUT2D eigenvalue weighted by atomic mass is 10.2. The zero-order valence-corrected chi connectivity index (χ0v) is 14.5. The van der Waals surface area contributed by atoms with Crippen LogP contribution in [0, 0.1) is 0 Å². The number of carbonyl (C=O) groups excluding carboxylic acids is 1. The van der Waals surface area contributed by atoms with Gasteiger partial charge < -0.3 is 20.7 Å². The number of aromatic nitrogens is 2. The molecule has 0 saturated heterocycles. The molecule has 7 heteroatoms. The molecule has 0 aliphatic heterocycles. The van der Waals surface area contributed by atoms with E-state index in [2.05, 4.69) is 15.3 Å². The number of hydrogen-bond donors (Lipinski definition) is 2. The largest absolute Gasteiger partial charge is 0.465 e. The molecule has 0 amide bonds. The van der Waals surface area contributed by atoms with Crippen molar-refractivity contribution in [3.05, 3.63) is 66.5 Å². The molecule has 0 spiro atoms. The van der Waals surface area contributed by atoms with Gasteiger partial charge >= 0.3 is 5.97 Å². The van der Waals surface area contributed by atoms with E-state index < -0.39 is 0 Å². The summed E-state index contributed by atoms with van der Waals surface area (Å²) < 4.78 is 4.69. The highest BCUT2D eigenvalue weighted by Crippen LogP contribution is 2.31. The fourth-order valence-corrected chi connectivity index (χ4v) is 2.47. The number of methoxy groups -OCH3 is 1.